The van der Waals surface area contributed by atoms with Crippen LogP contribution in [0.2, 0.25) is 0 Å². The highest BCUT2D eigenvalue weighted by Crippen LogP contribution is 2.23. The van der Waals surface area contributed by atoms with Gasteiger partial charge in [-0.1, -0.05) is 19.9 Å². The standard InChI is InChI=1S/C16H23FN2O/c1-12(2)10-15-8-3-4-9-19(15)16(20)18-14-7-5-6-13(17)11-14/h5-7,11-12,15H,3-4,8-10H2,1-2H3,(H,18,20). The summed E-state index contributed by atoms with van der Waals surface area (Å²) in [4.78, 5) is 14.3. The number of rotatable bonds is 3. The third-order valence-corrected chi connectivity index (χ3v) is 3.71. The zero-order chi connectivity index (χ0) is 14.5. The summed E-state index contributed by atoms with van der Waals surface area (Å²) in [7, 11) is 0. The molecule has 4 heteroatoms. The third-order valence-electron chi connectivity index (χ3n) is 3.71. The van der Waals surface area contributed by atoms with Gasteiger partial charge in [-0.2, -0.15) is 0 Å². The fraction of sp³-hybridized carbons (Fsp3) is 0.562. The Labute approximate surface area is 120 Å². The summed E-state index contributed by atoms with van der Waals surface area (Å²) in [5, 5.41) is 2.80. The van der Waals surface area contributed by atoms with Crippen molar-refractivity contribution in [1.82, 2.24) is 4.90 Å². The van der Waals surface area contributed by atoms with E-state index < -0.39 is 0 Å². The van der Waals surface area contributed by atoms with Crippen LogP contribution in [-0.2, 0) is 0 Å². The van der Waals surface area contributed by atoms with E-state index in [1.807, 2.05) is 4.90 Å². The second kappa shape index (κ2) is 6.73. The SMILES string of the molecule is CC(C)CC1CCCCN1C(=O)Nc1cccc(F)c1. The molecule has 1 saturated heterocycles. The molecule has 3 nitrogen and oxygen atoms in total. The summed E-state index contributed by atoms with van der Waals surface area (Å²) in [5.41, 5.74) is 0.517. The number of anilines is 1. The zero-order valence-electron chi connectivity index (χ0n) is 12.2. The van der Waals surface area contributed by atoms with Crippen LogP contribution in [0.25, 0.3) is 0 Å². The number of carbonyl (C=O) groups excluding carboxylic acids is 1. The van der Waals surface area contributed by atoms with Gasteiger partial charge in [0, 0.05) is 18.3 Å². The minimum absolute atomic E-state index is 0.110. The number of benzene rings is 1. The van der Waals surface area contributed by atoms with E-state index in [2.05, 4.69) is 19.2 Å². The number of likely N-dealkylation sites (tertiary alicyclic amines) is 1. The number of urea groups is 1. The average Bonchev–Trinajstić information content (AvgIpc) is 2.38. The van der Waals surface area contributed by atoms with Crippen LogP contribution in [0.15, 0.2) is 24.3 Å². The molecule has 1 N–H and O–H groups in total. The minimum Gasteiger partial charge on any atom is -0.322 e. The molecule has 1 aliphatic rings. The average molecular weight is 278 g/mol. The Morgan fingerprint density at radius 2 is 2.25 bits per heavy atom. The zero-order valence-corrected chi connectivity index (χ0v) is 12.2. The largest absolute Gasteiger partial charge is 0.322 e. The van der Waals surface area contributed by atoms with Crippen molar-refractivity contribution < 1.29 is 9.18 Å². The number of halogens is 1. The Bertz CT molecular complexity index is 462. The summed E-state index contributed by atoms with van der Waals surface area (Å²) < 4.78 is 13.1. The number of hydrogen-bond donors (Lipinski definition) is 1. The van der Waals surface area contributed by atoms with Crippen LogP contribution in [-0.4, -0.2) is 23.5 Å². The van der Waals surface area contributed by atoms with Crippen molar-refractivity contribution in [3.63, 3.8) is 0 Å². The molecule has 1 unspecified atom stereocenters. The molecule has 1 aromatic carbocycles. The first-order valence-corrected chi connectivity index (χ1v) is 7.39. The molecule has 0 saturated carbocycles. The van der Waals surface area contributed by atoms with Gasteiger partial charge in [-0.3, -0.25) is 0 Å². The first-order chi connectivity index (χ1) is 9.56. The summed E-state index contributed by atoms with van der Waals surface area (Å²) in [6, 6.07) is 6.23. The van der Waals surface area contributed by atoms with E-state index in [0.29, 0.717) is 17.6 Å². The highest BCUT2D eigenvalue weighted by Gasteiger charge is 2.27. The third kappa shape index (κ3) is 3.95. The van der Waals surface area contributed by atoms with Crippen LogP contribution in [0.3, 0.4) is 0 Å². The van der Waals surface area contributed by atoms with Crippen molar-refractivity contribution in [1.29, 1.82) is 0 Å². The number of carbonyl (C=O) groups is 1. The Morgan fingerprint density at radius 3 is 2.95 bits per heavy atom. The quantitative estimate of drug-likeness (QED) is 0.880. The predicted molar refractivity (Wildman–Crippen MR) is 79.2 cm³/mol. The van der Waals surface area contributed by atoms with Gasteiger partial charge in [-0.15, -0.1) is 0 Å². The fourth-order valence-corrected chi connectivity index (χ4v) is 2.82. The highest BCUT2D eigenvalue weighted by atomic mass is 19.1. The molecule has 1 fully saturated rings. The van der Waals surface area contributed by atoms with Gasteiger partial charge in [0.15, 0.2) is 0 Å². The van der Waals surface area contributed by atoms with E-state index >= 15 is 0 Å². The van der Waals surface area contributed by atoms with E-state index in [-0.39, 0.29) is 11.8 Å². The van der Waals surface area contributed by atoms with Crippen molar-refractivity contribution in [2.24, 2.45) is 5.92 Å². The van der Waals surface area contributed by atoms with Gasteiger partial charge < -0.3 is 10.2 Å². The summed E-state index contributed by atoms with van der Waals surface area (Å²) in [6.45, 7) is 5.15. The molecule has 0 bridgehead atoms. The van der Waals surface area contributed by atoms with Crippen molar-refractivity contribution in [3.05, 3.63) is 30.1 Å². The molecule has 1 aliphatic heterocycles. The van der Waals surface area contributed by atoms with E-state index in [1.165, 1.54) is 18.6 Å². The molecule has 0 aliphatic carbocycles. The molecule has 0 spiro atoms. The first kappa shape index (κ1) is 14.8. The van der Waals surface area contributed by atoms with Gasteiger partial charge in [0.25, 0.3) is 0 Å². The minimum atomic E-state index is -0.333. The number of amides is 2. The van der Waals surface area contributed by atoms with Crippen molar-refractivity contribution in [2.75, 3.05) is 11.9 Å². The second-order valence-corrected chi connectivity index (χ2v) is 5.91. The van der Waals surface area contributed by atoms with E-state index in [0.717, 1.165) is 25.8 Å². The summed E-state index contributed by atoms with van der Waals surface area (Å²) in [5.74, 6) is 0.239. The van der Waals surface area contributed by atoms with Gasteiger partial charge in [0.2, 0.25) is 0 Å². The Kier molecular flexibility index (Phi) is 4.99. The molecule has 20 heavy (non-hydrogen) atoms. The van der Waals surface area contributed by atoms with E-state index in [1.54, 1.807) is 12.1 Å². The van der Waals surface area contributed by atoms with E-state index in [9.17, 15) is 9.18 Å². The molecular formula is C16H23FN2O. The first-order valence-electron chi connectivity index (χ1n) is 7.39. The molecule has 0 aromatic heterocycles. The molecule has 110 valence electrons. The molecule has 2 amide bonds. The predicted octanol–water partition coefficient (Wildman–Crippen LogP) is 4.26. The lowest BCUT2D eigenvalue weighted by Gasteiger charge is -2.36. The molecule has 2 rings (SSSR count). The van der Waals surface area contributed by atoms with Crippen LogP contribution in [0.4, 0.5) is 14.9 Å². The Morgan fingerprint density at radius 1 is 1.45 bits per heavy atom. The summed E-state index contributed by atoms with van der Waals surface area (Å²) >= 11 is 0. The maximum absolute atomic E-state index is 13.1. The van der Waals surface area contributed by atoms with E-state index in [4.69, 9.17) is 0 Å². The van der Waals surface area contributed by atoms with Crippen molar-refractivity contribution in [2.45, 2.75) is 45.6 Å². The highest BCUT2D eigenvalue weighted by molar-refractivity contribution is 5.89. The number of piperidine rings is 1. The molecule has 1 atom stereocenters. The summed E-state index contributed by atoms with van der Waals surface area (Å²) in [6.07, 6.45) is 4.32. The van der Waals surface area contributed by atoms with Crippen molar-refractivity contribution >= 4 is 11.7 Å². The monoisotopic (exact) mass is 278 g/mol. The van der Waals surface area contributed by atoms with Gasteiger partial charge in [-0.05, 0) is 49.8 Å². The van der Waals surface area contributed by atoms with Crippen LogP contribution in [0.1, 0.15) is 39.5 Å². The van der Waals surface area contributed by atoms with Crippen molar-refractivity contribution in [3.8, 4) is 0 Å². The lowest BCUT2D eigenvalue weighted by Crippen LogP contribution is -2.46. The Hall–Kier alpha value is -1.58. The number of hydrogen-bond acceptors (Lipinski definition) is 1. The van der Waals surface area contributed by atoms with Gasteiger partial charge in [-0.25, -0.2) is 9.18 Å². The lowest BCUT2D eigenvalue weighted by atomic mass is 9.94. The van der Waals surface area contributed by atoms with Crippen LogP contribution in [0.5, 0.6) is 0 Å². The van der Waals surface area contributed by atoms with Crippen LogP contribution >= 0.6 is 0 Å². The Balaban J connectivity index is 2.02. The van der Waals surface area contributed by atoms with Gasteiger partial charge in [0.1, 0.15) is 5.82 Å². The second-order valence-electron chi connectivity index (χ2n) is 5.91. The lowest BCUT2D eigenvalue weighted by molar-refractivity contribution is 0.150. The van der Waals surface area contributed by atoms with Crippen LogP contribution < -0.4 is 5.32 Å². The van der Waals surface area contributed by atoms with Gasteiger partial charge >= 0.3 is 6.03 Å². The topological polar surface area (TPSA) is 32.3 Å². The maximum Gasteiger partial charge on any atom is 0.322 e. The molecule has 1 aromatic rings. The smallest absolute Gasteiger partial charge is 0.322 e. The van der Waals surface area contributed by atoms with Crippen LogP contribution in [0, 0.1) is 11.7 Å². The van der Waals surface area contributed by atoms with Gasteiger partial charge in [0.05, 0.1) is 0 Å². The normalized spacial score (nSPS) is 19.2. The number of nitrogens with one attached hydrogen (secondary N) is 1. The number of nitrogens with zero attached hydrogens (tertiary/aromatic N) is 1. The molecule has 0 radical (unpaired) electrons. The molecule has 1 heterocycles. The fourth-order valence-electron chi connectivity index (χ4n) is 2.82. The molecular weight excluding hydrogens is 255 g/mol. The maximum atomic E-state index is 13.1.